The predicted octanol–water partition coefficient (Wildman–Crippen LogP) is -0.237. The maximum Gasteiger partial charge on any atom is 0.228 e. The van der Waals surface area contributed by atoms with E-state index in [1.165, 1.54) is 0 Å². The molecule has 2 fully saturated rings. The summed E-state index contributed by atoms with van der Waals surface area (Å²) in [6, 6.07) is 1.94. The Morgan fingerprint density at radius 1 is 1.43 bits per heavy atom. The molecule has 114 valence electrons. The van der Waals surface area contributed by atoms with Crippen molar-refractivity contribution in [3.05, 3.63) is 17.5 Å². The van der Waals surface area contributed by atoms with E-state index in [9.17, 15) is 9.59 Å². The fraction of sp³-hybridized carbons (Fsp3) is 0.643. The Hall–Kier alpha value is -1.89. The van der Waals surface area contributed by atoms with Crippen molar-refractivity contribution in [2.45, 2.75) is 19.9 Å². The molecule has 2 saturated heterocycles. The molecule has 1 N–H and O–H groups in total. The molecule has 0 saturated carbocycles. The number of carbonyl (C=O) groups is 2. The Balaban J connectivity index is 1.48. The Morgan fingerprint density at radius 3 is 2.76 bits per heavy atom. The zero-order valence-corrected chi connectivity index (χ0v) is 12.2. The van der Waals surface area contributed by atoms with Crippen LogP contribution in [0.5, 0.6) is 0 Å². The first kappa shape index (κ1) is 14.1. The molecule has 0 radical (unpaired) electrons. The van der Waals surface area contributed by atoms with Gasteiger partial charge in [0.05, 0.1) is 11.6 Å². The number of carbonyl (C=O) groups excluding carboxylic acids is 2. The Bertz CT molecular complexity index is 534. The van der Waals surface area contributed by atoms with Crippen LogP contribution in [0, 0.1) is 12.8 Å². The van der Waals surface area contributed by atoms with E-state index in [0.717, 1.165) is 31.1 Å². The fourth-order valence-electron chi connectivity index (χ4n) is 2.89. The lowest BCUT2D eigenvalue weighted by molar-refractivity contribution is -0.137. The number of aryl methyl sites for hydroxylation is 1. The van der Waals surface area contributed by atoms with Gasteiger partial charge in [-0.2, -0.15) is 0 Å². The van der Waals surface area contributed by atoms with Crippen molar-refractivity contribution in [1.82, 2.24) is 20.3 Å². The highest BCUT2D eigenvalue weighted by Crippen LogP contribution is 2.15. The normalized spacial score (nSPS) is 23.4. The first-order valence-electron chi connectivity index (χ1n) is 7.32. The van der Waals surface area contributed by atoms with Gasteiger partial charge in [-0.1, -0.05) is 5.16 Å². The number of piperazine rings is 1. The van der Waals surface area contributed by atoms with Gasteiger partial charge in [0.1, 0.15) is 5.76 Å². The van der Waals surface area contributed by atoms with E-state index in [2.05, 4.69) is 15.4 Å². The van der Waals surface area contributed by atoms with Gasteiger partial charge in [0, 0.05) is 51.8 Å². The molecule has 3 rings (SSSR count). The lowest BCUT2D eigenvalue weighted by atomic mass is 10.1. The number of aromatic nitrogens is 1. The molecule has 7 heteroatoms. The molecule has 3 heterocycles. The van der Waals surface area contributed by atoms with E-state index in [1.807, 2.05) is 17.9 Å². The molecule has 2 aliphatic rings. The summed E-state index contributed by atoms with van der Waals surface area (Å²) in [6.07, 6.45) is 0.331. The number of hydrogen-bond acceptors (Lipinski definition) is 5. The minimum Gasteiger partial charge on any atom is -0.361 e. The molecule has 21 heavy (non-hydrogen) atoms. The van der Waals surface area contributed by atoms with E-state index >= 15 is 0 Å². The van der Waals surface area contributed by atoms with Crippen molar-refractivity contribution >= 4 is 11.8 Å². The predicted molar refractivity (Wildman–Crippen MR) is 74.2 cm³/mol. The highest BCUT2D eigenvalue weighted by atomic mass is 16.5. The molecule has 1 unspecified atom stereocenters. The average Bonchev–Trinajstić information content (AvgIpc) is 3.08. The summed E-state index contributed by atoms with van der Waals surface area (Å²) in [5, 5.41) is 6.71. The van der Waals surface area contributed by atoms with Crippen molar-refractivity contribution in [3.63, 3.8) is 0 Å². The SMILES string of the molecule is Cc1cc(CN2CCN(C(=O)C3CNC(=O)C3)CC2)no1. The number of nitrogens with zero attached hydrogens (tertiary/aromatic N) is 3. The minimum atomic E-state index is -0.178. The molecule has 0 aromatic carbocycles. The highest BCUT2D eigenvalue weighted by Gasteiger charge is 2.32. The first-order valence-corrected chi connectivity index (χ1v) is 7.32. The van der Waals surface area contributed by atoms with Crippen molar-refractivity contribution in [2.75, 3.05) is 32.7 Å². The summed E-state index contributed by atoms with van der Waals surface area (Å²) < 4.78 is 5.06. The van der Waals surface area contributed by atoms with Crippen molar-refractivity contribution < 1.29 is 14.1 Å². The van der Waals surface area contributed by atoms with Crippen LogP contribution in [0.15, 0.2) is 10.6 Å². The van der Waals surface area contributed by atoms with Gasteiger partial charge >= 0.3 is 0 Å². The molecule has 0 aliphatic carbocycles. The molecule has 0 spiro atoms. The van der Waals surface area contributed by atoms with Crippen LogP contribution in [-0.2, 0) is 16.1 Å². The Morgan fingerprint density at radius 2 is 2.19 bits per heavy atom. The van der Waals surface area contributed by atoms with Crippen LogP contribution in [0.25, 0.3) is 0 Å². The molecule has 1 atom stereocenters. The lowest BCUT2D eigenvalue weighted by Crippen LogP contribution is -2.50. The molecule has 2 aliphatic heterocycles. The number of hydrogen-bond donors (Lipinski definition) is 1. The third kappa shape index (κ3) is 3.24. The van der Waals surface area contributed by atoms with Crippen LogP contribution in [0.2, 0.25) is 0 Å². The van der Waals surface area contributed by atoms with Gasteiger partial charge in [0.2, 0.25) is 11.8 Å². The summed E-state index contributed by atoms with van der Waals surface area (Å²) in [4.78, 5) is 27.6. The maximum atomic E-state index is 12.3. The largest absolute Gasteiger partial charge is 0.361 e. The molecular formula is C14H20N4O3. The maximum absolute atomic E-state index is 12.3. The smallest absolute Gasteiger partial charge is 0.228 e. The van der Waals surface area contributed by atoms with Gasteiger partial charge in [-0.3, -0.25) is 14.5 Å². The second-order valence-corrected chi connectivity index (χ2v) is 5.74. The number of nitrogens with one attached hydrogen (secondary N) is 1. The van der Waals surface area contributed by atoms with Crippen molar-refractivity contribution in [2.24, 2.45) is 5.92 Å². The van der Waals surface area contributed by atoms with Crippen LogP contribution in [0.4, 0.5) is 0 Å². The number of rotatable bonds is 3. The summed E-state index contributed by atoms with van der Waals surface area (Å²) in [5.74, 6) is 0.720. The molecule has 0 bridgehead atoms. The summed E-state index contributed by atoms with van der Waals surface area (Å²) in [7, 11) is 0. The van der Waals surface area contributed by atoms with Crippen LogP contribution in [0.1, 0.15) is 17.9 Å². The summed E-state index contributed by atoms with van der Waals surface area (Å²) >= 11 is 0. The van der Waals surface area contributed by atoms with Gasteiger partial charge in [0.25, 0.3) is 0 Å². The van der Waals surface area contributed by atoms with Gasteiger partial charge in [-0.05, 0) is 6.92 Å². The molecular weight excluding hydrogens is 272 g/mol. The van der Waals surface area contributed by atoms with Crippen LogP contribution in [0.3, 0.4) is 0 Å². The monoisotopic (exact) mass is 292 g/mol. The zero-order chi connectivity index (χ0) is 14.8. The van der Waals surface area contributed by atoms with Gasteiger partial charge in [-0.25, -0.2) is 0 Å². The molecule has 2 amide bonds. The van der Waals surface area contributed by atoms with Crippen molar-refractivity contribution in [1.29, 1.82) is 0 Å². The fourth-order valence-corrected chi connectivity index (χ4v) is 2.89. The third-order valence-corrected chi connectivity index (χ3v) is 4.07. The van der Waals surface area contributed by atoms with Gasteiger partial charge in [-0.15, -0.1) is 0 Å². The van der Waals surface area contributed by atoms with E-state index in [4.69, 9.17) is 4.52 Å². The van der Waals surface area contributed by atoms with E-state index in [0.29, 0.717) is 26.1 Å². The topological polar surface area (TPSA) is 78.7 Å². The average molecular weight is 292 g/mol. The van der Waals surface area contributed by atoms with Crippen LogP contribution in [-0.4, -0.2) is 59.5 Å². The number of amides is 2. The van der Waals surface area contributed by atoms with Gasteiger partial charge in [0.15, 0.2) is 0 Å². The first-order chi connectivity index (χ1) is 10.1. The van der Waals surface area contributed by atoms with Gasteiger partial charge < -0.3 is 14.7 Å². The lowest BCUT2D eigenvalue weighted by Gasteiger charge is -2.35. The Labute approximate surface area is 123 Å². The molecule has 7 nitrogen and oxygen atoms in total. The van der Waals surface area contributed by atoms with E-state index < -0.39 is 0 Å². The zero-order valence-electron chi connectivity index (χ0n) is 12.2. The second kappa shape index (κ2) is 5.85. The Kier molecular flexibility index (Phi) is 3.92. The third-order valence-electron chi connectivity index (χ3n) is 4.07. The quantitative estimate of drug-likeness (QED) is 0.832. The van der Waals surface area contributed by atoms with E-state index in [1.54, 1.807) is 0 Å². The molecule has 1 aromatic heterocycles. The van der Waals surface area contributed by atoms with Crippen molar-refractivity contribution in [3.8, 4) is 0 Å². The summed E-state index contributed by atoms with van der Waals surface area (Å²) in [5.41, 5.74) is 0.929. The molecule has 1 aromatic rings. The van der Waals surface area contributed by atoms with Crippen LogP contribution >= 0.6 is 0 Å². The minimum absolute atomic E-state index is 0.0200. The highest BCUT2D eigenvalue weighted by molar-refractivity contribution is 5.89. The van der Waals surface area contributed by atoms with E-state index in [-0.39, 0.29) is 17.7 Å². The van der Waals surface area contributed by atoms with Crippen LogP contribution < -0.4 is 5.32 Å². The second-order valence-electron chi connectivity index (χ2n) is 5.74. The summed E-state index contributed by atoms with van der Waals surface area (Å²) in [6.45, 7) is 6.18. The standard InChI is InChI=1S/C14H20N4O3/c1-10-6-12(16-21-10)9-17-2-4-18(5-3-17)14(20)11-7-13(19)15-8-11/h6,11H,2-5,7-9H2,1H3,(H,15,19).